The van der Waals surface area contributed by atoms with E-state index < -0.39 is 17.2 Å². The number of hydrogen-bond acceptors (Lipinski definition) is 4. The fourth-order valence-electron chi connectivity index (χ4n) is 2.20. The van der Waals surface area contributed by atoms with Crippen molar-refractivity contribution in [1.82, 2.24) is 21.3 Å². The normalized spacial score (nSPS) is 12.1. The second-order valence-electron chi connectivity index (χ2n) is 7.99. The van der Waals surface area contributed by atoms with Crippen LogP contribution in [0.15, 0.2) is 35.3 Å². The van der Waals surface area contributed by atoms with E-state index in [9.17, 15) is 9.59 Å². The monoisotopic (exact) mass is 391 g/mol. The molecule has 0 fully saturated rings. The summed E-state index contributed by atoms with van der Waals surface area (Å²) in [5.74, 6) is 0.459. The van der Waals surface area contributed by atoms with E-state index in [1.54, 1.807) is 19.2 Å². The van der Waals surface area contributed by atoms with Gasteiger partial charge in [0, 0.05) is 32.2 Å². The van der Waals surface area contributed by atoms with Crippen LogP contribution in [0.25, 0.3) is 0 Å². The maximum Gasteiger partial charge on any atom is 0.408 e. The minimum Gasteiger partial charge on any atom is -0.444 e. The van der Waals surface area contributed by atoms with Gasteiger partial charge in [-0.15, -0.1) is 0 Å². The topological polar surface area (TPSA) is 104 Å². The van der Waals surface area contributed by atoms with Gasteiger partial charge in [-0.05, 0) is 46.8 Å². The standard InChI is InChI=1S/C20H33N5O3/c1-19(2,3)28-18(27)25-20(4,5)14-24-17(21-6)23-13-12-22-16(26)15-10-8-7-9-11-15/h7-11H,12-14H2,1-6H3,(H,22,26)(H,25,27)(H2,21,23,24). The molecule has 0 aromatic heterocycles. The molecule has 4 N–H and O–H groups in total. The molecule has 0 saturated heterocycles. The zero-order valence-electron chi connectivity index (χ0n) is 17.7. The van der Waals surface area contributed by atoms with Crippen LogP contribution in [-0.2, 0) is 4.74 Å². The van der Waals surface area contributed by atoms with Crippen LogP contribution in [0.1, 0.15) is 45.0 Å². The highest BCUT2D eigenvalue weighted by atomic mass is 16.6. The summed E-state index contributed by atoms with van der Waals surface area (Å²) in [5, 5.41) is 11.9. The molecule has 0 heterocycles. The first-order chi connectivity index (χ1) is 13.0. The van der Waals surface area contributed by atoms with Crippen molar-refractivity contribution >= 4 is 18.0 Å². The van der Waals surface area contributed by atoms with E-state index in [4.69, 9.17) is 4.74 Å². The quantitative estimate of drug-likeness (QED) is 0.323. The molecule has 8 heteroatoms. The molecule has 0 aliphatic carbocycles. The molecule has 156 valence electrons. The van der Waals surface area contributed by atoms with E-state index in [0.717, 1.165) is 0 Å². The summed E-state index contributed by atoms with van der Waals surface area (Å²) < 4.78 is 5.28. The second-order valence-corrected chi connectivity index (χ2v) is 7.99. The third-order valence-electron chi connectivity index (χ3n) is 3.50. The Morgan fingerprint density at radius 2 is 1.57 bits per heavy atom. The van der Waals surface area contributed by atoms with E-state index in [-0.39, 0.29) is 5.91 Å². The Hall–Kier alpha value is -2.77. The maximum atomic E-state index is 12.0. The Morgan fingerprint density at radius 1 is 0.964 bits per heavy atom. The molecule has 0 atom stereocenters. The van der Waals surface area contributed by atoms with Gasteiger partial charge >= 0.3 is 6.09 Å². The van der Waals surface area contributed by atoms with E-state index in [1.165, 1.54) is 0 Å². The predicted octanol–water partition coefficient (Wildman–Crippen LogP) is 1.88. The molecule has 0 spiro atoms. The van der Waals surface area contributed by atoms with Crippen LogP contribution in [0, 0.1) is 0 Å². The van der Waals surface area contributed by atoms with E-state index in [2.05, 4.69) is 26.3 Å². The van der Waals surface area contributed by atoms with Gasteiger partial charge in [-0.2, -0.15) is 0 Å². The summed E-state index contributed by atoms with van der Waals surface area (Å²) in [6.45, 7) is 10.6. The fraction of sp³-hybridized carbons (Fsp3) is 0.550. The van der Waals surface area contributed by atoms with Crippen molar-refractivity contribution in [3.8, 4) is 0 Å². The number of carbonyl (C=O) groups excluding carboxylic acids is 2. The van der Waals surface area contributed by atoms with Crippen LogP contribution in [0.2, 0.25) is 0 Å². The first-order valence-corrected chi connectivity index (χ1v) is 9.31. The Balaban J connectivity index is 2.34. The van der Waals surface area contributed by atoms with Crippen molar-refractivity contribution in [2.75, 3.05) is 26.7 Å². The number of benzene rings is 1. The molecule has 0 aliphatic rings. The molecule has 28 heavy (non-hydrogen) atoms. The van der Waals surface area contributed by atoms with Crippen LogP contribution >= 0.6 is 0 Å². The van der Waals surface area contributed by atoms with Crippen molar-refractivity contribution in [3.05, 3.63) is 35.9 Å². The number of amides is 2. The van der Waals surface area contributed by atoms with Crippen molar-refractivity contribution < 1.29 is 14.3 Å². The van der Waals surface area contributed by atoms with Crippen LogP contribution < -0.4 is 21.3 Å². The minimum atomic E-state index is -0.546. The minimum absolute atomic E-state index is 0.118. The molecule has 0 aliphatic heterocycles. The summed E-state index contributed by atoms with van der Waals surface area (Å²) in [5.41, 5.74) is -0.461. The van der Waals surface area contributed by atoms with Crippen molar-refractivity contribution in [3.63, 3.8) is 0 Å². The predicted molar refractivity (Wildman–Crippen MR) is 112 cm³/mol. The van der Waals surface area contributed by atoms with Gasteiger partial charge in [0.15, 0.2) is 5.96 Å². The molecule has 1 aromatic carbocycles. The smallest absolute Gasteiger partial charge is 0.408 e. The SMILES string of the molecule is CN=C(NCCNC(=O)c1ccccc1)NCC(C)(C)NC(=O)OC(C)(C)C. The summed E-state index contributed by atoms with van der Waals surface area (Å²) >= 11 is 0. The first-order valence-electron chi connectivity index (χ1n) is 9.31. The number of nitrogens with one attached hydrogen (secondary N) is 4. The summed E-state index contributed by atoms with van der Waals surface area (Å²) in [6, 6.07) is 9.05. The fourth-order valence-corrected chi connectivity index (χ4v) is 2.20. The lowest BCUT2D eigenvalue weighted by molar-refractivity contribution is 0.0473. The van der Waals surface area contributed by atoms with Gasteiger partial charge in [0.1, 0.15) is 5.60 Å². The lowest BCUT2D eigenvalue weighted by Crippen LogP contribution is -2.54. The molecule has 0 unspecified atom stereocenters. The molecule has 2 amide bonds. The third-order valence-corrected chi connectivity index (χ3v) is 3.50. The van der Waals surface area contributed by atoms with E-state index in [0.29, 0.717) is 31.2 Å². The Labute approximate surface area is 167 Å². The van der Waals surface area contributed by atoms with Crippen molar-refractivity contribution in [2.24, 2.45) is 4.99 Å². The number of hydrogen-bond donors (Lipinski definition) is 4. The summed E-state index contributed by atoms with van der Waals surface area (Å²) in [6.07, 6.45) is -0.467. The zero-order valence-corrected chi connectivity index (χ0v) is 17.7. The molecule has 0 bridgehead atoms. The molecular weight excluding hydrogens is 358 g/mol. The van der Waals surface area contributed by atoms with E-state index in [1.807, 2.05) is 52.8 Å². The van der Waals surface area contributed by atoms with Gasteiger partial charge in [0.05, 0.1) is 5.54 Å². The average molecular weight is 392 g/mol. The summed E-state index contributed by atoms with van der Waals surface area (Å²) in [7, 11) is 1.66. The number of guanidine groups is 1. The van der Waals surface area contributed by atoms with E-state index >= 15 is 0 Å². The first kappa shape index (κ1) is 23.3. The van der Waals surface area contributed by atoms with Gasteiger partial charge in [-0.3, -0.25) is 9.79 Å². The number of alkyl carbamates (subject to hydrolysis) is 1. The number of ether oxygens (including phenoxy) is 1. The number of aliphatic imine (C=N–C) groups is 1. The van der Waals surface area contributed by atoms with Crippen LogP contribution in [0.3, 0.4) is 0 Å². The lowest BCUT2D eigenvalue weighted by atomic mass is 10.1. The number of rotatable bonds is 7. The van der Waals surface area contributed by atoms with Gasteiger partial charge in [-0.1, -0.05) is 18.2 Å². The highest BCUT2D eigenvalue weighted by molar-refractivity contribution is 5.94. The third kappa shape index (κ3) is 9.80. The second kappa shape index (κ2) is 10.5. The Bertz CT molecular complexity index is 666. The molecule has 0 saturated carbocycles. The van der Waals surface area contributed by atoms with Gasteiger partial charge < -0.3 is 26.0 Å². The Kier molecular flexibility index (Phi) is 8.76. The van der Waals surface area contributed by atoms with Gasteiger partial charge in [0.25, 0.3) is 5.91 Å². The van der Waals surface area contributed by atoms with Crippen LogP contribution in [-0.4, -0.2) is 55.8 Å². The zero-order chi connectivity index (χ0) is 21.2. The molecule has 8 nitrogen and oxygen atoms in total. The Morgan fingerprint density at radius 3 is 2.14 bits per heavy atom. The van der Waals surface area contributed by atoms with Crippen LogP contribution in [0.4, 0.5) is 4.79 Å². The van der Waals surface area contributed by atoms with Crippen molar-refractivity contribution in [1.29, 1.82) is 0 Å². The molecular formula is C20H33N5O3. The lowest BCUT2D eigenvalue weighted by Gasteiger charge is -2.29. The van der Waals surface area contributed by atoms with Crippen molar-refractivity contribution in [2.45, 2.75) is 45.8 Å². The van der Waals surface area contributed by atoms with Crippen LogP contribution in [0.5, 0.6) is 0 Å². The highest BCUT2D eigenvalue weighted by Gasteiger charge is 2.24. The number of nitrogens with zero attached hydrogens (tertiary/aromatic N) is 1. The molecule has 1 aromatic rings. The average Bonchev–Trinajstić information content (AvgIpc) is 2.59. The molecule has 0 radical (unpaired) electrons. The van der Waals surface area contributed by atoms with Gasteiger partial charge in [0.2, 0.25) is 0 Å². The molecule has 1 rings (SSSR count). The maximum absolute atomic E-state index is 12.0. The largest absolute Gasteiger partial charge is 0.444 e. The number of carbonyl (C=O) groups is 2. The summed E-state index contributed by atoms with van der Waals surface area (Å²) in [4.78, 5) is 28.1. The van der Waals surface area contributed by atoms with Gasteiger partial charge in [-0.25, -0.2) is 4.79 Å². The highest BCUT2D eigenvalue weighted by Crippen LogP contribution is 2.09.